The molecule has 1 saturated heterocycles. The normalized spacial score (nSPS) is 27.5. The van der Waals surface area contributed by atoms with Gasteiger partial charge in [0.1, 0.15) is 0 Å². The molecule has 2 rings (SSSR count). The minimum Gasteiger partial charge on any atom is -0.461 e. The third kappa shape index (κ3) is 1.60. The highest BCUT2D eigenvalue weighted by atomic mass is 16.3. The third-order valence-electron chi connectivity index (χ3n) is 2.89. The van der Waals surface area contributed by atoms with E-state index < -0.39 is 0 Å². The van der Waals surface area contributed by atoms with Crippen LogP contribution in [0.25, 0.3) is 0 Å². The van der Waals surface area contributed by atoms with Gasteiger partial charge in [-0.3, -0.25) is 4.79 Å². The Kier molecular flexibility index (Phi) is 2.42. The Morgan fingerprint density at radius 3 is 3.07 bits per heavy atom. The lowest BCUT2D eigenvalue weighted by Gasteiger charge is -2.31. The second-order valence-corrected chi connectivity index (χ2v) is 4.15. The molecule has 0 aromatic carbocycles. The zero-order valence-electron chi connectivity index (χ0n) is 8.38. The molecule has 1 aliphatic heterocycles. The highest BCUT2D eigenvalue weighted by molar-refractivity contribution is 5.98. The summed E-state index contributed by atoms with van der Waals surface area (Å²) in [4.78, 5) is 12.0. The fourth-order valence-corrected chi connectivity index (χ4v) is 1.96. The van der Waals surface area contributed by atoms with Crippen molar-refractivity contribution in [3.8, 4) is 0 Å². The minimum absolute atomic E-state index is 0.120. The lowest BCUT2D eigenvalue weighted by molar-refractivity contribution is 0.0742. The number of carbonyl (C=O) groups excluding carboxylic acids is 1. The van der Waals surface area contributed by atoms with Crippen LogP contribution in [0.2, 0.25) is 0 Å². The second kappa shape index (κ2) is 3.58. The average molecular weight is 193 g/mol. The molecule has 1 N–H and O–H groups in total. The van der Waals surface area contributed by atoms with Crippen molar-refractivity contribution >= 4 is 5.78 Å². The van der Waals surface area contributed by atoms with Gasteiger partial charge in [-0.2, -0.15) is 0 Å². The molecule has 3 nitrogen and oxygen atoms in total. The van der Waals surface area contributed by atoms with Crippen molar-refractivity contribution in [3.63, 3.8) is 0 Å². The maximum Gasteiger partial charge on any atom is 0.205 e. The number of nitrogens with one attached hydrogen (secondary N) is 1. The molecule has 1 aliphatic rings. The topological polar surface area (TPSA) is 42.2 Å². The minimum atomic E-state index is -0.282. The zero-order chi connectivity index (χ0) is 10.0. The van der Waals surface area contributed by atoms with E-state index in [-0.39, 0.29) is 11.2 Å². The average Bonchev–Trinajstić information content (AvgIpc) is 2.70. The maximum absolute atomic E-state index is 12.0. The van der Waals surface area contributed by atoms with Crippen molar-refractivity contribution in [2.24, 2.45) is 5.41 Å². The molecule has 0 bridgehead atoms. The van der Waals surface area contributed by atoms with Crippen molar-refractivity contribution in [1.82, 2.24) is 5.32 Å². The number of ketones is 1. The first-order chi connectivity index (χ1) is 6.72. The van der Waals surface area contributed by atoms with Gasteiger partial charge >= 0.3 is 0 Å². The van der Waals surface area contributed by atoms with E-state index in [0.29, 0.717) is 5.76 Å². The number of hydrogen-bond acceptors (Lipinski definition) is 3. The smallest absolute Gasteiger partial charge is 0.205 e. The van der Waals surface area contributed by atoms with Crippen molar-refractivity contribution in [2.45, 2.75) is 19.8 Å². The van der Waals surface area contributed by atoms with E-state index in [0.717, 1.165) is 25.9 Å². The Morgan fingerprint density at radius 1 is 1.64 bits per heavy atom. The van der Waals surface area contributed by atoms with Crippen LogP contribution in [0.1, 0.15) is 30.3 Å². The van der Waals surface area contributed by atoms with Crippen LogP contribution in [-0.2, 0) is 0 Å². The fourth-order valence-electron chi connectivity index (χ4n) is 1.96. The number of hydrogen-bond donors (Lipinski definition) is 1. The summed E-state index contributed by atoms with van der Waals surface area (Å²) >= 11 is 0. The molecular formula is C11H15NO2. The van der Waals surface area contributed by atoms with Crippen LogP contribution in [0.5, 0.6) is 0 Å². The molecule has 1 aromatic rings. The molecule has 0 amide bonds. The van der Waals surface area contributed by atoms with Gasteiger partial charge in [-0.1, -0.05) is 6.92 Å². The molecular weight excluding hydrogens is 178 g/mol. The number of furan rings is 1. The third-order valence-corrected chi connectivity index (χ3v) is 2.89. The molecule has 0 radical (unpaired) electrons. The summed E-state index contributed by atoms with van der Waals surface area (Å²) in [6, 6.07) is 3.50. The second-order valence-electron chi connectivity index (χ2n) is 4.15. The Bertz CT molecular complexity index is 310. The summed E-state index contributed by atoms with van der Waals surface area (Å²) in [5.74, 6) is 0.603. The maximum atomic E-state index is 12.0. The summed E-state index contributed by atoms with van der Waals surface area (Å²) in [5.41, 5.74) is -0.282. The summed E-state index contributed by atoms with van der Waals surface area (Å²) in [7, 11) is 0. The molecule has 2 heterocycles. The number of piperidine rings is 1. The summed E-state index contributed by atoms with van der Waals surface area (Å²) in [5, 5.41) is 3.26. The highest BCUT2D eigenvalue weighted by Gasteiger charge is 2.36. The van der Waals surface area contributed by atoms with Crippen molar-refractivity contribution in [1.29, 1.82) is 0 Å². The Hall–Kier alpha value is -1.09. The van der Waals surface area contributed by atoms with Crippen LogP contribution in [0.4, 0.5) is 0 Å². The van der Waals surface area contributed by atoms with Crippen LogP contribution in [0.15, 0.2) is 22.8 Å². The van der Waals surface area contributed by atoms with Gasteiger partial charge < -0.3 is 9.73 Å². The van der Waals surface area contributed by atoms with Crippen LogP contribution in [-0.4, -0.2) is 18.9 Å². The zero-order valence-corrected chi connectivity index (χ0v) is 8.38. The van der Waals surface area contributed by atoms with Crippen molar-refractivity contribution in [3.05, 3.63) is 24.2 Å². The monoisotopic (exact) mass is 193 g/mol. The molecule has 0 aliphatic carbocycles. The molecule has 1 atom stereocenters. The van der Waals surface area contributed by atoms with E-state index in [1.807, 2.05) is 6.92 Å². The first kappa shape index (κ1) is 9.46. The van der Waals surface area contributed by atoms with Crippen molar-refractivity contribution < 1.29 is 9.21 Å². The Labute approximate surface area is 83.5 Å². The van der Waals surface area contributed by atoms with Gasteiger partial charge in [-0.15, -0.1) is 0 Å². The van der Waals surface area contributed by atoms with E-state index in [9.17, 15) is 4.79 Å². The molecule has 14 heavy (non-hydrogen) atoms. The molecule has 1 aromatic heterocycles. The first-order valence-corrected chi connectivity index (χ1v) is 5.01. The van der Waals surface area contributed by atoms with Crippen LogP contribution >= 0.6 is 0 Å². The standard InChI is InChI=1S/C11H15NO2/c1-11(5-3-6-12-8-11)10(13)9-4-2-7-14-9/h2,4,7,12H,3,5-6,8H2,1H3. The number of carbonyl (C=O) groups is 1. The van der Waals surface area contributed by atoms with E-state index in [2.05, 4.69) is 5.32 Å². The number of rotatable bonds is 2. The van der Waals surface area contributed by atoms with E-state index in [1.165, 1.54) is 0 Å². The molecule has 3 heteroatoms. The fraction of sp³-hybridized carbons (Fsp3) is 0.545. The van der Waals surface area contributed by atoms with Crippen LogP contribution < -0.4 is 5.32 Å². The highest BCUT2D eigenvalue weighted by Crippen LogP contribution is 2.29. The summed E-state index contributed by atoms with van der Waals surface area (Å²) < 4.78 is 5.14. The van der Waals surface area contributed by atoms with Gasteiger partial charge in [0.15, 0.2) is 5.76 Å². The lowest BCUT2D eigenvalue weighted by atomic mass is 9.78. The molecule has 1 unspecified atom stereocenters. The van der Waals surface area contributed by atoms with Crippen LogP contribution in [0, 0.1) is 5.41 Å². The molecule has 0 spiro atoms. The molecule has 76 valence electrons. The Morgan fingerprint density at radius 2 is 2.50 bits per heavy atom. The quantitative estimate of drug-likeness (QED) is 0.729. The van der Waals surface area contributed by atoms with E-state index in [4.69, 9.17) is 4.42 Å². The van der Waals surface area contributed by atoms with Crippen LogP contribution in [0.3, 0.4) is 0 Å². The molecule has 0 saturated carbocycles. The predicted molar refractivity (Wildman–Crippen MR) is 53.2 cm³/mol. The van der Waals surface area contributed by atoms with Gasteiger partial charge in [-0.05, 0) is 31.5 Å². The van der Waals surface area contributed by atoms with Gasteiger partial charge in [0.25, 0.3) is 0 Å². The lowest BCUT2D eigenvalue weighted by Crippen LogP contribution is -2.43. The molecule has 1 fully saturated rings. The largest absolute Gasteiger partial charge is 0.461 e. The van der Waals surface area contributed by atoms with Gasteiger partial charge in [0.05, 0.1) is 6.26 Å². The number of Topliss-reactive ketones (excluding diaryl/α,β-unsaturated/α-hetero) is 1. The van der Waals surface area contributed by atoms with E-state index in [1.54, 1.807) is 18.4 Å². The summed E-state index contributed by atoms with van der Waals surface area (Å²) in [6.07, 6.45) is 3.55. The van der Waals surface area contributed by atoms with Gasteiger partial charge in [0, 0.05) is 12.0 Å². The SMILES string of the molecule is CC1(C(=O)c2ccco2)CCCNC1. The first-order valence-electron chi connectivity index (χ1n) is 5.01. The Balaban J connectivity index is 2.17. The van der Waals surface area contributed by atoms with Gasteiger partial charge in [-0.25, -0.2) is 0 Å². The summed E-state index contributed by atoms with van der Waals surface area (Å²) in [6.45, 7) is 3.78. The van der Waals surface area contributed by atoms with E-state index >= 15 is 0 Å². The van der Waals surface area contributed by atoms with Crippen molar-refractivity contribution in [2.75, 3.05) is 13.1 Å². The predicted octanol–water partition coefficient (Wildman–Crippen LogP) is 1.85. The van der Waals surface area contributed by atoms with Gasteiger partial charge in [0.2, 0.25) is 5.78 Å².